The second-order valence-corrected chi connectivity index (χ2v) is 10.2. The molecule has 0 saturated carbocycles. The molecule has 4 nitrogen and oxygen atoms in total. The zero-order valence-electron chi connectivity index (χ0n) is 22.6. The van der Waals surface area contributed by atoms with Gasteiger partial charge >= 0.3 is 11.8 Å². The Kier molecular flexibility index (Phi) is 9.22. The zero-order chi connectivity index (χ0) is 30.4. The molecule has 0 aromatic heterocycles. The predicted molar refractivity (Wildman–Crippen MR) is 164 cm³/mol. The normalized spacial score (nSPS) is 12.3. The van der Waals surface area contributed by atoms with Crippen LogP contribution in [0.4, 0.5) is 8.78 Å². The van der Waals surface area contributed by atoms with Crippen molar-refractivity contribution in [2.75, 3.05) is 6.61 Å². The standard InChI is InChI=1S/C35H24Cl2F2O4/c1-2-20-41-35(43-29-6-4-3-5-7-29,25-12-8-23(9-13-25)30-18-14-26(38)21-32(30)36)34(40)42-28-16-10-24(11-17-28)31-19-15-27(39)22-33(31)37/h2-19,21-22H,1,20H2. The second-order valence-electron chi connectivity index (χ2n) is 9.37. The van der Waals surface area contributed by atoms with Crippen LogP contribution in [-0.2, 0) is 15.3 Å². The van der Waals surface area contributed by atoms with E-state index in [9.17, 15) is 13.6 Å². The van der Waals surface area contributed by atoms with Gasteiger partial charge in [-0.15, -0.1) is 6.58 Å². The van der Waals surface area contributed by atoms with E-state index in [-0.39, 0.29) is 22.4 Å². The van der Waals surface area contributed by atoms with Crippen LogP contribution in [0.3, 0.4) is 0 Å². The van der Waals surface area contributed by atoms with Crippen LogP contribution in [0.25, 0.3) is 22.3 Å². The summed E-state index contributed by atoms with van der Waals surface area (Å²) in [4.78, 5) is 14.0. The van der Waals surface area contributed by atoms with Crippen molar-refractivity contribution >= 4 is 29.2 Å². The summed E-state index contributed by atoms with van der Waals surface area (Å²) in [6.45, 7) is 3.67. The molecule has 216 valence electrons. The Bertz CT molecular complexity index is 1740. The minimum Gasteiger partial charge on any atom is -0.448 e. The Balaban J connectivity index is 1.51. The van der Waals surface area contributed by atoms with Crippen molar-refractivity contribution in [1.82, 2.24) is 0 Å². The smallest absolute Gasteiger partial charge is 0.390 e. The maximum Gasteiger partial charge on any atom is 0.390 e. The average molecular weight is 617 g/mol. The number of esters is 1. The molecule has 0 bridgehead atoms. The summed E-state index contributed by atoms with van der Waals surface area (Å²) in [7, 11) is 0. The van der Waals surface area contributed by atoms with Gasteiger partial charge in [-0.1, -0.05) is 83.9 Å². The van der Waals surface area contributed by atoms with Crippen LogP contribution < -0.4 is 9.47 Å². The number of hydrogen-bond donors (Lipinski definition) is 0. The number of benzene rings is 5. The first-order chi connectivity index (χ1) is 20.8. The highest BCUT2D eigenvalue weighted by Gasteiger charge is 2.47. The lowest BCUT2D eigenvalue weighted by molar-refractivity contribution is -0.211. The largest absolute Gasteiger partial charge is 0.448 e. The first kappa shape index (κ1) is 30.0. The Morgan fingerprint density at radius 3 is 1.77 bits per heavy atom. The highest BCUT2D eigenvalue weighted by molar-refractivity contribution is 6.33. The number of carbonyl (C=O) groups excluding carboxylic acids is 1. The van der Waals surface area contributed by atoms with Gasteiger partial charge in [0, 0.05) is 16.7 Å². The molecule has 1 atom stereocenters. The summed E-state index contributed by atoms with van der Waals surface area (Å²) in [5.74, 6) is -3.21. The van der Waals surface area contributed by atoms with Gasteiger partial charge < -0.3 is 14.2 Å². The number of para-hydroxylation sites is 1. The molecule has 1 unspecified atom stereocenters. The maximum atomic E-state index is 14.0. The molecule has 0 saturated heterocycles. The summed E-state index contributed by atoms with van der Waals surface area (Å²) >= 11 is 12.5. The van der Waals surface area contributed by atoms with Gasteiger partial charge in [0.25, 0.3) is 0 Å². The van der Waals surface area contributed by atoms with Crippen molar-refractivity contribution in [2.24, 2.45) is 0 Å². The van der Waals surface area contributed by atoms with E-state index in [1.165, 1.54) is 30.3 Å². The van der Waals surface area contributed by atoms with E-state index in [2.05, 4.69) is 6.58 Å². The fraction of sp³-hybridized carbons (Fsp3) is 0.0571. The quantitative estimate of drug-likeness (QED) is 0.0678. The fourth-order valence-corrected chi connectivity index (χ4v) is 4.97. The Morgan fingerprint density at radius 2 is 1.26 bits per heavy atom. The summed E-state index contributed by atoms with van der Waals surface area (Å²) in [6, 6.07) is 30.3. The Morgan fingerprint density at radius 1 is 0.721 bits per heavy atom. The predicted octanol–water partition coefficient (Wildman–Crippen LogP) is 9.65. The number of carbonyl (C=O) groups is 1. The van der Waals surface area contributed by atoms with Crippen LogP contribution in [0.15, 0.2) is 128 Å². The molecule has 5 aromatic rings. The third kappa shape index (κ3) is 6.78. The van der Waals surface area contributed by atoms with Crippen LogP contribution in [0.1, 0.15) is 5.56 Å². The zero-order valence-corrected chi connectivity index (χ0v) is 24.1. The monoisotopic (exact) mass is 616 g/mol. The van der Waals surface area contributed by atoms with Crippen LogP contribution in [0, 0.1) is 11.6 Å². The highest BCUT2D eigenvalue weighted by Crippen LogP contribution is 2.36. The number of rotatable bonds is 10. The lowest BCUT2D eigenvalue weighted by atomic mass is 9.99. The van der Waals surface area contributed by atoms with Crippen LogP contribution in [0.5, 0.6) is 11.5 Å². The highest BCUT2D eigenvalue weighted by atomic mass is 35.5. The number of halogens is 4. The summed E-state index contributed by atoms with van der Waals surface area (Å²) in [5.41, 5.74) is 2.96. The first-order valence-corrected chi connectivity index (χ1v) is 13.9. The second kappa shape index (κ2) is 13.2. The molecule has 0 heterocycles. The van der Waals surface area contributed by atoms with Gasteiger partial charge in [0.1, 0.15) is 23.1 Å². The molecule has 0 aliphatic heterocycles. The van der Waals surface area contributed by atoms with E-state index >= 15 is 0 Å². The van der Waals surface area contributed by atoms with Gasteiger partial charge in [-0.2, -0.15) is 0 Å². The average Bonchev–Trinajstić information content (AvgIpc) is 3.00. The van der Waals surface area contributed by atoms with E-state index in [4.69, 9.17) is 37.4 Å². The van der Waals surface area contributed by atoms with Gasteiger partial charge in [0.2, 0.25) is 0 Å². The van der Waals surface area contributed by atoms with Crippen molar-refractivity contribution in [2.45, 2.75) is 5.79 Å². The minimum atomic E-state index is -2.04. The van der Waals surface area contributed by atoms with Gasteiger partial charge in [-0.05, 0) is 71.8 Å². The molecular formula is C35H24Cl2F2O4. The van der Waals surface area contributed by atoms with Crippen LogP contribution >= 0.6 is 23.2 Å². The third-order valence-corrected chi connectivity index (χ3v) is 7.12. The van der Waals surface area contributed by atoms with Gasteiger partial charge in [0.05, 0.1) is 16.7 Å². The van der Waals surface area contributed by atoms with Gasteiger partial charge in [-0.3, -0.25) is 0 Å². The van der Waals surface area contributed by atoms with Crippen molar-refractivity contribution < 1.29 is 27.8 Å². The van der Waals surface area contributed by atoms with E-state index in [0.717, 1.165) is 0 Å². The molecule has 0 spiro atoms. The van der Waals surface area contributed by atoms with Gasteiger partial charge in [-0.25, -0.2) is 13.6 Å². The van der Waals surface area contributed by atoms with Crippen molar-refractivity contribution in [3.63, 3.8) is 0 Å². The molecule has 43 heavy (non-hydrogen) atoms. The topological polar surface area (TPSA) is 44.8 Å². The molecule has 0 aliphatic rings. The Labute approximate surface area is 257 Å². The van der Waals surface area contributed by atoms with E-state index < -0.39 is 23.4 Å². The van der Waals surface area contributed by atoms with E-state index in [0.29, 0.717) is 33.6 Å². The third-order valence-electron chi connectivity index (χ3n) is 6.49. The van der Waals surface area contributed by atoms with Gasteiger partial charge in [0.15, 0.2) is 0 Å². The van der Waals surface area contributed by atoms with Crippen LogP contribution in [-0.4, -0.2) is 12.6 Å². The summed E-state index contributed by atoms with van der Waals surface area (Å²) < 4.78 is 45.3. The van der Waals surface area contributed by atoms with E-state index in [1.807, 2.05) is 6.07 Å². The van der Waals surface area contributed by atoms with Crippen molar-refractivity contribution in [3.8, 4) is 33.8 Å². The minimum absolute atomic E-state index is 0.0462. The molecule has 5 aromatic carbocycles. The lowest BCUT2D eigenvalue weighted by Gasteiger charge is -2.32. The molecule has 0 fully saturated rings. The summed E-state index contributed by atoms with van der Waals surface area (Å²) in [5, 5.41) is 0.496. The van der Waals surface area contributed by atoms with E-state index in [1.54, 1.807) is 84.9 Å². The molecule has 0 aliphatic carbocycles. The lowest BCUT2D eigenvalue weighted by Crippen LogP contribution is -2.47. The molecule has 0 radical (unpaired) electrons. The van der Waals surface area contributed by atoms with Crippen molar-refractivity contribution in [1.29, 1.82) is 0 Å². The number of hydrogen-bond acceptors (Lipinski definition) is 4. The molecular weight excluding hydrogens is 593 g/mol. The number of ether oxygens (including phenoxy) is 3. The fourth-order valence-electron chi connectivity index (χ4n) is 4.41. The SMILES string of the molecule is C=CCOC(Oc1ccccc1)(C(=O)Oc1ccc(-c2ccc(F)cc2Cl)cc1)c1ccc(-c2ccc(F)cc2Cl)cc1. The first-order valence-electron chi connectivity index (χ1n) is 13.1. The van der Waals surface area contributed by atoms with Crippen LogP contribution in [0.2, 0.25) is 10.0 Å². The summed E-state index contributed by atoms with van der Waals surface area (Å²) in [6.07, 6.45) is 1.49. The maximum absolute atomic E-state index is 14.0. The Hall–Kier alpha value is -4.49. The molecule has 0 amide bonds. The van der Waals surface area contributed by atoms with Crippen molar-refractivity contribution in [3.05, 3.63) is 155 Å². The molecule has 0 N–H and O–H groups in total. The molecule has 8 heteroatoms. The molecule has 5 rings (SSSR count).